The lowest BCUT2D eigenvalue weighted by atomic mass is 10.0. The number of nitrogens with zero attached hydrogens (tertiary/aromatic N) is 2. The molecule has 7 nitrogen and oxygen atoms in total. The van der Waals surface area contributed by atoms with Crippen LogP contribution >= 0.6 is 0 Å². The molecule has 2 aromatic rings. The van der Waals surface area contributed by atoms with Crippen molar-refractivity contribution in [3.05, 3.63) is 61.3 Å². The van der Waals surface area contributed by atoms with Gasteiger partial charge in [0.15, 0.2) is 0 Å². The van der Waals surface area contributed by atoms with Gasteiger partial charge in [-0.3, -0.25) is 4.79 Å². The number of carbonyl (C=O) groups excluding carboxylic acids is 1. The fourth-order valence-corrected chi connectivity index (χ4v) is 5.74. The van der Waals surface area contributed by atoms with E-state index in [0.29, 0.717) is 24.7 Å². The number of amides is 1. The maximum Gasteiger partial charge on any atom is 0.243 e. The van der Waals surface area contributed by atoms with Gasteiger partial charge in [-0.2, -0.15) is 4.31 Å². The van der Waals surface area contributed by atoms with Crippen LogP contribution in [0.5, 0.6) is 11.6 Å². The summed E-state index contributed by atoms with van der Waals surface area (Å²) < 4.78 is 33.2. The predicted molar refractivity (Wildman–Crippen MR) is 108 cm³/mol. The molecule has 2 fully saturated rings. The minimum Gasteiger partial charge on any atom is -0.439 e. The van der Waals surface area contributed by atoms with Crippen molar-refractivity contribution in [2.24, 2.45) is 11.8 Å². The van der Waals surface area contributed by atoms with E-state index in [0.717, 1.165) is 12.8 Å². The number of hydrogen-bond donors (Lipinski definition) is 1. The van der Waals surface area contributed by atoms with Gasteiger partial charge in [0.1, 0.15) is 5.75 Å². The third-order valence-electron chi connectivity index (χ3n) is 5.57. The summed E-state index contributed by atoms with van der Waals surface area (Å²) in [6.07, 6.45) is 4.50. The standard InChI is InChI=1S/C21H23N3O4S/c1-2-20(25)23-17-11-15-13-24(14-16(15)12-17)29(26,27)19-8-6-18(7-9-19)28-21-5-3-4-10-22-21/h2-10,15-17H,1,11-14H2,(H,23,25). The van der Waals surface area contributed by atoms with E-state index < -0.39 is 10.0 Å². The van der Waals surface area contributed by atoms with E-state index in [1.54, 1.807) is 46.9 Å². The second kappa shape index (κ2) is 7.96. The van der Waals surface area contributed by atoms with Crippen LogP contribution in [0.15, 0.2) is 66.2 Å². The smallest absolute Gasteiger partial charge is 0.243 e. The molecule has 1 aliphatic heterocycles. The van der Waals surface area contributed by atoms with E-state index in [1.807, 2.05) is 6.07 Å². The van der Waals surface area contributed by atoms with Crippen LogP contribution in [0.3, 0.4) is 0 Å². The van der Waals surface area contributed by atoms with Gasteiger partial charge in [0.05, 0.1) is 4.90 Å². The van der Waals surface area contributed by atoms with Gasteiger partial charge in [0, 0.05) is 31.4 Å². The molecule has 2 aliphatic rings. The van der Waals surface area contributed by atoms with Gasteiger partial charge in [-0.25, -0.2) is 13.4 Å². The number of hydrogen-bond acceptors (Lipinski definition) is 5. The number of sulfonamides is 1. The number of pyridine rings is 1. The average molecular weight is 413 g/mol. The molecule has 1 aromatic heterocycles. The Labute approximate surface area is 170 Å². The van der Waals surface area contributed by atoms with Crippen molar-refractivity contribution < 1.29 is 17.9 Å². The van der Waals surface area contributed by atoms with Crippen molar-refractivity contribution in [1.29, 1.82) is 0 Å². The van der Waals surface area contributed by atoms with Gasteiger partial charge in [0.2, 0.25) is 21.8 Å². The predicted octanol–water partition coefficient (Wildman–Crippen LogP) is 2.58. The fourth-order valence-electron chi connectivity index (χ4n) is 4.19. The summed E-state index contributed by atoms with van der Waals surface area (Å²) >= 11 is 0. The minimum absolute atomic E-state index is 0.100. The molecular weight excluding hydrogens is 390 g/mol. The summed E-state index contributed by atoms with van der Waals surface area (Å²) in [5, 5.41) is 2.92. The maximum absolute atomic E-state index is 13.0. The van der Waals surface area contributed by atoms with Crippen molar-refractivity contribution in [2.45, 2.75) is 23.8 Å². The highest BCUT2D eigenvalue weighted by Crippen LogP contribution is 2.40. The summed E-state index contributed by atoms with van der Waals surface area (Å²) in [7, 11) is -3.56. The number of rotatable bonds is 6. The molecule has 2 unspecified atom stereocenters. The van der Waals surface area contributed by atoms with Gasteiger partial charge in [-0.05, 0) is 61.1 Å². The normalized spacial score (nSPS) is 24.1. The first-order chi connectivity index (χ1) is 14.0. The summed E-state index contributed by atoms with van der Waals surface area (Å²) in [5.41, 5.74) is 0. The summed E-state index contributed by atoms with van der Waals surface area (Å²) in [6, 6.07) is 11.9. The number of nitrogens with one attached hydrogen (secondary N) is 1. The zero-order valence-electron chi connectivity index (χ0n) is 15.9. The monoisotopic (exact) mass is 413 g/mol. The first-order valence-corrected chi connectivity index (χ1v) is 11.0. The van der Waals surface area contributed by atoms with E-state index in [4.69, 9.17) is 4.74 Å². The van der Waals surface area contributed by atoms with E-state index in [9.17, 15) is 13.2 Å². The van der Waals surface area contributed by atoms with Gasteiger partial charge >= 0.3 is 0 Å². The van der Waals surface area contributed by atoms with E-state index in [2.05, 4.69) is 16.9 Å². The van der Waals surface area contributed by atoms with Crippen LogP contribution in [-0.4, -0.2) is 42.7 Å². The lowest BCUT2D eigenvalue weighted by Gasteiger charge is -2.19. The van der Waals surface area contributed by atoms with Crippen LogP contribution in [0.4, 0.5) is 0 Å². The number of aromatic nitrogens is 1. The third kappa shape index (κ3) is 4.18. The summed E-state index contributed by atoms with van der Waals surface area (Å²) in [6.45, 7) is 4.44. The van der Waals surface area contributed by atoms with Crippen molar-refractivity contribution >= 4 is 15.9 Å². The molecular formula is C21H23N3O4S. The van der Waals surface area contributed by atoms with Crippen LogP contribution in [-0.2, 0) is 14.8 Å². The molecule has 0 bridgehead atoms. The molecule has 1 saturated heterocycles. The molecule has 2 atom stereocenters. The molecule has 1 aromatic carbocycles. The lowest BCUT2D eigenvalue weighted by molar-refractivity contribution is -0.117. The summed E-state index contributed by atoms with van der Waals surface area (Å²) in [4.78, 5) is 15.8. The van der Waals surface area contributed by atoms with Gasteiger partial charge < -0.3 is 10.1 Å². The summed E-state index contributed by atoms with van der Waals surface area (Å²) in [5.74, 6) is 1.35. The molecule has 0 spiro atoms. The zero-order chi connectivity index (χ0) is 20.4. The second-order valence-corrected chi connectivity index (χ2v) is 9.40. The van der Waals surface area contributed by atoms with Crippen LogP contribution in [0.25, 0.3) is 0 Å². The number of benzene rings is 1. The molecule has 152 valence electrons. The van der Waals surface area contributed by atoms with E-state index >= 15 is 0 Å². The van der Waals surface area contributed by atoms with Crippen LogP contribution < -0.4 is 10.1 Å². The van der Waals surface area contributed by atoms with E-state index in [-0.39, 0.29) is 28.7 Å². The Kier molecular flexibility index (Phi) is 5.38. The van der Waals surface area contributed by atoms with Crippen LogP contribution in [0.2, 0.25) is 0 Å². The molecule has 8 heteroatoms. The van der Waals surface area contributed by atoms with Gasteiger partial charge in [0.25, 0.3) is 0 Å². The second-order valence-electron chi connectivity index (χ2n) is 7.46. The number of carbonyl (C=O) groups is 1. The SMILES string of the molecule is C=CC(=O)NC1CC2CN(S(=O)(=O)c3ccc(Oc4ccccn4)cc3)CC2C1. The Morgan fingerprint density at radius 3 is 2.41 bits per heavy atom. The maximum atomic E-state index is 13.0. The number of ether oxygens (including phenoxy) is 1. The Morgan fingerprint density at radius 2 is 1.83 bits per heavy atom. The van der Waals surface area contributed by atoms with Gasteiger partial charge in [-0.1, -0.05) is 12.6 Å². The minimum atomic E-state index is -3.56. The third-order valence-corrected chi connectivity index (χ3v) is 7.42. The Hall–Kier alpha value is -2.71. The van der Waals surface area contributed by atoms with Crippen LogP contribution in [0.1, 0.15) is 12.8 Å². The van der Waals surface area contributed by atoms with Crippen molar-refractivity contribution in [3.63, 3.8) is 0 Å². The topological polar surface area (TPSA) is 88.6 Å². The molecule has 2 heterocycles. The van der Waals surface area contributed by atoms with Crippen LogP contribution in [0, 0.1) is 11.8 Å². The Bertz CT molecular complexity index is 978. The van der Waals surface area contributed by atoms with Gasteiger partial charge in [-0.15, -0.1) is 0 Å². The zero-order valence-corrected chi connectivity index (χ0v) is 16.7. The highest BCUT2D eigenvalue weighted by Gasteiger charge is 2.45. The molecule has 29 heavy (non-hydrogen) atoms. The largest absolute Gasteiger partial charge is 0.439 e. The van der Waals surface area contributed by atoms with Crippen molar-refractivity contribution in [2.75, 3.05) is 13.1 Å². The molecule has 1 N–H and O–H groups in total. The quantitative estimate of drug-likeness (QED) is 0.736. The Morgan fingerprint density at radius 1 is 1.14 bits per heavy atom. The highest BCUT2D eigenvalue weighted by atomic mass is 32.2. The Balaban J connectivity index is 1.40. The fraction of sp³-hybridized carbons (Fsp3) is 0.333. The first kappa shape index (κ1) is 19.6. The highest BCUT2D eigenvalue weighted by molar-refractivity contribution is 7.89. The number of fused-ring (bicyclic) bond motifs is 1. The molecule has 1 saturated carbocycles. The lowest BCUT2D eigenvalue weighted by Crippen LogP contribution is -2.35. The molecule has 4 rings (SSSR count). The molecule has 1 aliphatic carbocycles. The van der Waals surface area contributed by atoms with Crippen molar-refractivity contribution in [3.8, 4) is 11.6 Å². The molecule has 1 amide bonds. The van der Waals surface area contributed by atoms with E-state index in [1.165, 1.54) is 6.08 Å². The first-order valence-electron chi connectivity index (χ1n) is 9.58. The average Bonchev–Trinajstić information content (AvgIpc) is 3.28. The molecule has 0 radical (unpaired) electrons. The van der Waals surface area contributed by atoms with Crippen molar-refractivity contribution in [1.82, 2.24) is 14.6 Å².